The summed E-state index contributed by atoms with van der Waals surface area (Å²) < 4.78 is 14.4. The summed E-state index contributed by atoms with van der Waals surface area (Å²) in [4.78, 5) is 25.3. The summed E-state index contributed by atoms with van der Waals surface area (Å²) in [5, 5.41) is 14.6. The van der Waals surface area contributed by atoms with Gasteiger partial charge in [0.05, 0.1) is 77.6 Å². The van der Waals surface area contributed by atoms with Gasteiger partial charge in [-0.05, 0) is 222 Å². The Hall–Kier alpha value is -18.7. The third kappa shape index (κ3) is 13.3. The van der Waals surface area contributed by atoms with Crippen LogP contribution >= 0.6 is 0 Å². The summed E-state index contributed by atoms with van der Waals surface area (Å²) in [6, 6.07) is 176. The molecule has 0 fully saturated rings. The number of hydrogen-bond acceptors (Lipinski definition) is 5. The lowest BCUT2D eigenvalue weighted by molar-refractivity contribution is 1.07. The number of nitrogens with zero attached hydrogens (tertiary/aromatic N) is 11. The fourth-order valence-corrected chi connectivity index (χ4v) is 21.2. The molecule has 0 bridgehead atoms. The molecule has 0 atom stereocenters. The van der Waals surface area contributed by atoms with Crippen LogP contribution in [0.3, 0.4) is 0 Å². The average molecular weight is 1760 g/mol. The SMILES string of the molecule is c1ccc(-c2cc(-c3ccccc3)nc(-c3ccc(-n4c5ccc(-c6ccc7c(c6)c6ccccc6n7-c6ccccc6)cc5c5cc(-n6c7ccccc7c7ccccc76)ccc54)cc3)n2)cc1.c1ccc(-c2nc(-c3ccccc3)nc(-c3ccc(-n4c5ccc(-c6ccc7c(c6)c6ccccc6n7-c6ccccc6)cc5c5cc(-n6c7ccccc7c7ccccc76)ccc54)cc3)n2)cc1. The van der Waals surface area contributed by atoms with E-state index in [1.165, 1.54) is 125 Å². The number of fused-ring (bicyclic) bond motifs is 18. The molecule has 28 rings (SSSR count). The highest BCUT2D eigenvalue weighted by Gasteiger charge is 2.25. The van der Waals surface area contributed by atoms with Gasteiger partial charge in [-0.1, -0.05) is 291 Å². The molecule has 644 valence electrons. The standard InChI is InChI=1S/C64H41N5.C63H40N6/c1-4-16-42(17-5-1)56-41-57(43-18-6-2-7-19-43)66-64(65-56)44-28-32-48(33-29-44)68-62-36-31-46(45-30-35-61-53(38-45)52-24-12-15-27-60(52)67(61)47-20-8-3-9-21-47)39-54(62)55-40-49(34-37-63(55)68)69-58-25-13-10-22-50(58)51-23-11-14-26-59(51)69;1-4-16-41(17-5-1)61-64-62(42-18-6-2-7-19-42)66-63(65-61)43-28-32-47(33-29-43)68-59-36-31-45(44-30-35-58-52(38-44)51-24-12-15-27-57(51)67(58)46-20-8-3-9-21-46)39-53(59)54-40-48(34-37-60(54)68)69-55-25-13-10-22-49(55)50-23-11-14-26-56(50)69/h1-41H;1-40H. The highest BCUT2D eigenvalue weighted by atomic mass is 15.1. The zero-order valence-corrected chi connectivity index (χ0v) is 74.7. The Morgan fingerprint density at radius 3 is 0.580 bits per heavy atom. The summed E-state index contributed by atoms with van der Waals surface area (Å²) in [7, 11) is 0. The topological polar surface area (TPSA) is 94.0 Å². The maximum atomic E-state index is 5.14. The second kappa shape index (κ2) is 32.6. The summed E-state index contributed by atoms with van der Waals surface area (Å²) in [5.41, 5.74) is 33.0. The second-order valence-electron chi connectivity index (χ2n) is 35.4. The van der Waals surface area contributed by atoms with Crippen LogP contribution in [0, 0.1) is 0 Å². The van der Waals surface area contributed by atoms with Crippen LogP contribution < -0.4 is 0 Å². The van der Waals surface area contributed by atoms with Crippen molar-refractivity contribution in [2.24, 2.45) is 0 Å². The molecule has 0 saturated heterocycles. The Kier molecular flexibility index (Phi) is 18.7. The van der Waals surface area contributed by atoms with Crippen molar-refractivity contribution in [3.63, 3.8) is 0 Å². The zero-order chi connectivity index (χ0) is 90.8. The molecule has 0 radical (unpaired) electrons. The van der Waals surface area contributed by atoms with Gasteiger partial charge < -0.3 is 27.4 Å². The van der Waals surface area contributed by atoms with Gasteiger partial charge in [-0.2, -0.15) is 0 Å². The van der Waals surface area contributed by atoms with Crippen molar-refractivity contribution in [1.82, 2.24) is 52.3 Å². The predicted octanol–water partition coefficient (Wildman–Crippen LogP) is 32.3. The van der Waals surface area contributed by atoms with Crippen molar-refractivity contribution in [3.05, 3.63) is 491 Å². The van der Waals surface area contributed by atoms with Gasteiger partial charge in [0, 0.05) is 132 Å². The number of aromatic nitrogens is 11. The van der Waals surface area contributed by atoms with Crippen LogP contribution in [0.15, 0.2) is 491 Å². The molecule has 28 aromatic rings. The first-order valence-corrected chi connectivity index (χ1v) is 46.8. The molecule has 0 N–H and O–H groups in total. The van der Waals surface area contributed by atoms with Gasteiger partial charge in [-0.25, -0.2) is 24.9 Å². The van der Waals surface area contributed by atoms with Gasteiger partial charge >= 0.3 is 0 Å². The van der Waals surface area contributed by atoms with Gasteiger partial charge in [0.15, 0.2) is 23.3 Å². The zero-order valence-electron chi connectivity index (χ0n) is 74.7. The van der Waals surface area contributed by atoms with Crippen molar-refractivity contribution in [1.29, 1.82) is 0 Å². The number of rotatable bonds is 14. The van der Waals surface area contributed by atoms with Crippen LogP contribution in [0.1, 0.15) is 0 Å². The maximum Gasteiger partial charge on any atom is 0.164 e. The van der Waals surface area contributed by atoms with Gasteiger partial charge in [0.2, 0.25) is 0 Å². The van der Waals surface area contributed by atoms with Crippen molar-refractivity contribution in [2.75, 3.05) is 0 Å². The van der Waals surface area contributed by atoms with E-state index in [1.54, 1.807) is 0 Å². The molecule has 8 aromatic heterocycles. The van der Waals surface area contributed by atoms with E-state index in [1.807, 2.05) is 72.8 Å². The molecule has 0 unspecified atom stereocenters. The van der Waals surface area contributed by atoms with Crippen LogP contribution in [0.25, 0.3) is 255 Å². The maximum absolute atomic E-state index is 5.14. The third-order valence-corrected chi connectivity index (χ3v) is 27.5. The Morgan fingerprint density at radius 2 is 0.290 bits per heavy atom. The van der Waals surface area contributed by atoms with E-state index in [-0.39, 0.29) is 0 Å². The highest BCUT2D eigenvalue weighted by Crippen LogP contribution is 2.46. The first kappa shape index (κ1) is 79.1. The Balaban J connectivity index is 0.000000139. The molecule has 0 amide bonds. The number of hydrogen-bond donors (Lipinski definition) is 0. The lowest BCUT2D eigenvalue weighted by atomic mass is 10.0. The molecule has 20 aromatic carbocycles. The smallest absolute Gasteiger partial charge is 0.164 e. The third-order valence-electron chi connectivity index (χ3n) is 27.5. The second-order valence-corrected chi connectivity index (χ2v) is 35.4. The minimum absolute atomic E-state index is 0.626. The van der Waals surface area contributed by atoms with E-state index in [0.717, 1.165) is 107 Å². The van der Waals surface area contributed by atoms with E-state index in [2.05, 4.69) is 446 Å². The first-order valence-electron chi connectivity index (χ1n) is 46.8. The van der Waals surface area contributed by atoms with Gasteiger partial charge in [0.1, 0.15) is 0 Å². The van der Waals surface area contributed by atoms with Crippen molar-refractivity contribution >= 4 is 131 Å². The van der Waals surface area contributed by atoms with Crippen LogP contribution in [-0.4, -0.2) is 52.3 Å². The van der Waals surface area contributed by atoms with Crippen LogP contribution in [0.4, 0.5) is 0 Å². The van der Waals surface area contributed by atoms with Crippen molar-refractivity contribution in [3.8, 4) is 124 Å². The van der Waals surface area contributed by atoms with Gasteiger partial charge in [0.25, 0.3) is 0 Å². The molecular formula is C127H81N11. The van der Waals surface area contributed by atoms with E-state index in [9.17, 15) is 0 Å². The number of para-hydroxylation sites is 8. The lowest BCUT2D eigenvalue weighted by Crippen LogP contribution is -2.00. The minimum atomic E-state index is 0.626. The molecule has 11 nitrogen and oxygen atoms in total. The van der Waals surface area contributed by atoms with Crippen molar-refractivity contribution < 1.29 is 0 Å². The number of benzene rings is 20. The summed E-state index contributed by atoms with van der Waals surface area (Å²) in [6.45, 7) is 0. The Labute approximate surface area is 793 Å². The van der Waals surface area contributed by atoms with Gasteiger partial charge in [-0.15, -0.1) is 0 Å². The summed E-state index contributed by atoms with van der Waals surface area (Å²) in [5.74, 6) is 2.60. The van der Waals surface area contributed by atoms with E-state index >= 15 is 0 Å². The predicted molar refractivity (Wildman–Crippen MR) is 571 cm³/mol. The molecule has 0 spiro atoms. The molecule has 0 aliphatic rings. The molecule has 11 heteroatoms. The van der Waals surface area contributed by atoms with Gasteiger partial charge in [-0.3, -0.25) is 0 Å². The fourth-order valence-electron chi connectivity index (χ4n) is 21.2. The van der Waals surface area contributed by atoms with Crippen molar-refractivity contribution in [2.45, 2.75) is 0 Å². The van der Waals surface area contributed by atoms with E-state index in [0.29, 0.717) is 23.3 Å². The summed E-state index contributed by atoms with van der Waals surface area (Å²) >= 11 is 0. The quantitative estimate of drug-likeness (QED) is 0.108. The fraction of sp³-hybridized carbons (Fsp3) is 0. The lowest BCUT2D eigenvalue weighted by Gasteiger charge is -2.12. The first-order chi connectivity index (χ1) is 68.4. The van der Waals surface area contributed by atoms with E-state index < -0.39 is 0 Å². The molecule has 0 aliphatic heterocycles. The van der Waals surface area contributed by atoms with E-state index in [4.69, 9.17) is 24.9 Å². The minimum Gasteiger partial charge on any atom is -0.309 e. The monoisotopic (exact) mass is 1760 g/mol. The van der Waals surface area contributed by atoms with Crippen LogP contribution in [0.2, 0.25) is 0 Å². The molecule has 138 heavy (non-hydrogen) atoms. The highest BCUT2D eigenvalue weighted by molar-refractivity contribution is 6.18. The Morgan fingerprint density at radius 1 is 0.109 bits per heavy atom. The molecule has 0 aliphatic carbocycles. The molecular weight excluding hydrogens is 1680 g/mol. The summed E-state index contributed by atoms with van der Waals surface area (Å²) in [6.07, 6.45) is 0. The normalized spacial score (nSPS) is 11.8. The molecule has 8 heterocycles. The largest absolute Gasteiger partial charge is 0.309 e. The Bertz CT molecular complexity index is 8890. The van der Waals surface area contributed by atoms with Crippen LogP contribution in [-0.2, 0) is 0 Å². The molecule has 0 saturated carbocycles. The van der Waals surface area contributed by atoms with Crippen LogP contribution in [0.5, 0.6) is 0 Å². The average Bonchev–Trinajstić information content (AvgIpc) is 1.55.